The summed E-state index contributed by atoms with van der Waals surface area (Å²) >= 11 is 0. The van der Waals surface area contributed by atoms with E-state index < -0.39 is 17.3 Å². The lowest BCUT2D eigenvalue weighted by Gasteiger charge is -1.98. The van der Waals surface area contributed by atoms with Crippen LogP contribution in [0.5, 0.6) is 5.75 Å². The first kappa shape index (κ1) is 8.45. The van der Waals surface area contributed by atoms with Crippen molar-refractivity contribution >= 4 is 0 Å². The molecule has 0 amide bonds. The van der Waals surface area contributed by atoms with Gasteiger partial charge in [0.05, 0.1) is 5.56 Å². The number of halogens is 1. The largest absolute Gasteiger partial charge is 0.507 e. The van der Waals surface area contributed by atoms with E-state index in [1.807, 2.05) is 0 Å². The van der Waals surface area contributed by atoms with Crippen molar-refractivity contribution in [2.75, 3.05) is 0 Å². The van der Waals surface area contributed by atoms with Crippen LogP contribution in [0.25, 0.3) is 0 Å². The van der Waals surface area contributed by atoms with Crippen LogP contribution in [0.3, 0.4) is 0 Å². The van der Waals surface area contributed by atoms with Crippen molar-refractivity contribution in [3.05, 3.63) is 39.7 Å². The van der Waals surface area contributed by atoms with Gasteiger partial charge in [-0.1, -0.05) is 0 Å². The minimum Gasteiger partial charge on any atom is -0.507 e. The molecule has 0 bridgehead atoms. The molecule has 0 aliphatic heterocycles. The molecule has 0 aromatic heterocycles. The van der Waals surface area contributed by atoms with E-state index in [2.05, 4.69) is 0 Å². The number of phenolic OH excluding ortho intramolecular Hbond substituents is 1. The average Bonchev–Trinajstić information content (AvgIpc) is 1.96. The Bertz CT molecular complexity index is 314. The Kier molecular flexibility index (Phi) is 2.23. The Balaban J connectivity index is 2.97. The molecule has 0 spiro atoms. The Labute approximate surface area is 67.4 Å². The summed E-state index contributed by atoms with van der Waals surface area (Å²) in [6, 6.07) is 3.07. The van der Waals surface area contributed by atoms with Gasteiger partial charge in [0.1, 0.15) is 11.6 Å². The fourth-order valence-electron chi connectivity index (χ4n) is 0.820. The Hall–Kier alpha value is -1.65. The van der Waals surface area contributed by atoms with Gasteiger partial charge in [0.15, 0.2) is 0 Å². The Morgan fingerprint density at radius 3 is 2.83 bits per heavy atom. The van der Waals surface area contributed by atoms with Crippen LogP contribution in [-0.4, -0.2) is 10.0 Å². The van der Waals surface area contributed by atoms with Crippen LogP contribution in [0.4, 0.5) is 4.39 Å². The zero-order valence-electron chi connectivity index (χ0n) is 6.03. The molecular weight excluding hydrogens is 165 g/mol. The Morgan fingerprint density at radius 1 is 1.58 bits per heavy atom. The summed E-state index contributed by atoms with van der Waals surface area (Å²) in [6.07, 6.45) is 0. The molecule has 0 fully saturated rings. The van der Waals surface area contributed by atoms with Crippen LogP contribution < -0.4 is 0 Å². The average molecular weight is 171 g/mol. The van der Waals surface area contributed by atoms with Gasteiger partial charge in [0, 0.05) is 4.92 Å². The van der Waals surface area contributed by atoms with Crippen LogP contribution in [-0.2, 0) is 6.54 Å². The van der Waals surface area contributed by atoms with Gasteiger partial charge in [-0.05, 0) is 18.2 Å². The van der Waals surface area contributed by atoms with Gasteiger partial charge < -0.3 is 5.11 Å². The predicted molar refractivity (Wildman–Crippen MR) is 38.8 cm³/mol. The molecule has 0 saturated heterocycles. The summed E-state index contributed by atoms with van der Waals surface area (Å²) in [7, 11) is 0. The maximum absolute atomic E-state index is 12.5. The molecular formula is C7H6FNO3. The van der Waals surface area contributed by atoms with Gasteiger partial charge in [-0.25, -0.2) is 4.39 Å². The number of nitro groups is 1. The molecule has 0 radical (unpaired) electrons. The topological polar surface area (TPSA) is 63.4 Å². The molecule has 1 rings (SSSR count). The normalized spacial score (nSPS) is 9.75. The summed E-state index contributed by atoms with van der Waals surface area (Å²) < 4.78 is 12.5. The van der Waals surface area contributed by atoms with E-state index in [4.69, 9.17) is 5.11 Å². The van der Waals surface area contributed by atoms with Crippen LogP contribution in [0, 0.1) is 15.9 Å². The molecule has 64 valence electrons. The second kappa shape index (κ2) is 3.17. The number of rotatable bonds is 2. The van der Waals surface area contributed by atoms with Crippen molar-refractivity contribution in [2.45, 2.75) is 6.54 Å². The van der Waals surface area contributed by atoms with Gasteiger partial charge in [0.2, 0.25) is 6.54 Å². The molecule has 5 heteroatoms. The fourth-order valence-corrected chi connectivity index (χ4v) is 0.820. The molecule has 0 heterocycles. The first-order chi connectivity index (χ1) is 5.59. The molecule has 0 saturated carbocycles. The van der Waals surface area contributed by atoms with Crippen LogP contribution in [0.15, 0.2) is 18.2 Å². The minimum absolute atomic E-state index is 0.0139. The number of nitrogens with zero attached hydrogens (tertiary/aromatic N) is 1. The summed E-state index contributed by atoms with van der Waals surface area (Å²) in [6.45, 7) is -0.566. The zero-order valence-corrected chi connectivity index (χ0v) is 6.03. The van der Waals surface area contributed by atoms with Crippen LogP contribution in [0.1, 0.15) is 5.56 Å². The first-order valence-corrected chi connectivity index (χ1v) is 3.19. The molecule has 0 aliphatic rings. The standard InChI is InChI=1S/C7H6FNO3/c8-6-1-2-7(10)5(3-6)4-9(11)12/h1-3,10H,4H2. The van der Waals surface area contributed by atoms with Crippen molar-refractivity contribution in [3.63, 3.8) is 0 Å². The molecule has 1 aromatic rings. The van der Waals surface area contributed by atoms with E-state index in [1.165, 1.54) is 0 Å². The molecule has 12 heavy (non-hydrogen) atoms. The second-order valence-electron chi connectivity index (χ2n) is 2.26. The fraction of sp³-hybridized carbons (Fsp3) is 0.143. The van der Waals surface area contributed by atoms with Crippen LogP contribution in [0.2, 0.25) is 0 Å². The second-order valence-corrected chi connectivity index (χ2v) is 2.26. The van der Waals surface area contributed by atoms with E-state index in [1.54, 1.807) is 0 Å². The molecule has 0 aliphatic carbocycles. The summed E-state index contributed by atoms with van der Waals surface area (Å²) in [5.41, 5.74) is -0.0139. The van der Waals surface area contributed by atoms with E-state index in [0.29, 0.717) is 0 Å². The third kappa shape index (κ3) is 1.91. The predicted octanol–water partition coefficient (Wildman–Crippen LogP) is 1.31. The highest BCUT2D eigenvalue weighted by molar-refractivity contribution is 5.31. The number of aromatic hydroxyl groups is 1. The Morgan fingerprint density at radius 2 is 2.25 bits per heavy atom. The maximum atomic E-state index is 12.5. The lowest BCUT2D eigenvalue weighted by atomic mass is 10.2. The van der Waals surface area contributed by atoms with Gasteiger partial charge in [-0.3, -0.25) is 10.1 Å². The lowest BCUT2D eigenvalue weighted by Crippen LogP contribution is -1.98. The van der Waals surface area contributed by atoms with Crippen molar-refractivity contribution in [3.8, 4) is 5.75 Å². The van der Waals surface area contributed by atoms with Crippen LogP contribution >= 0.6 is 0 Å². The van der Waals surface area contributed by atoms with E-state index in [9.17, 15) is 14.5 Å². The summed E-state index contributed by atoms with van der Waals surface area (Å²) in [5.74, 6) is -0.849. The molecule has 1 aromatic carbocycles. The number of hydrogen-bond acceptors (Lipinski definition) is 3. The third-order valence-corrected chi connectivity index (χ3v) is 1.34. The summed E-state index contributed by atoms with van der Waals surface area (Å²) in [4.78, 5) is 9.37. The first-order valence-electron chi connectivity index (χ1n) is 3.19. The number of benzene rings is 1. The molecule has 0 atom stereocenters. The van der Waals surface area contributed by atoms with Crippen molar-refractivity contribution in [1.29, 1.82) is 0 Å². The highest BCUT2D eigenvalue weighted by Crippen LogP contribution is 2.17. The quantitative estimate of drug-likeness (QED) is 0.539. The smallest absolute Gasteiger partial charge is 0.232 e. The van der Waals surface area contributed by atoms with E-state index >= 15 is 0 Å². The lowest BCUT2D eigenvalue weighted by molar-refractivity contribution is -0.497. The molecule has 1 N–H and O–H groups in total. The monoisotopic (exact) mass is 171 g/mol. The molecule has 4 nitrogen and oxygen atoms in total. The number of phenols is 1. The summed E-state index contributed by atoms with van der Waals surface area (Å²) in [5, 5.41) is 19.0. The highest BCUT2D eigenvalue weighted by Gasteiger charge is 2.08. The minimum atomic E-state index is -0.630. The third-order valence-electron chi connectivity index (χ3n) is 1.34. The van der Waals surface area contributed by atoms with Gasteiger partial charge in [-0.15, -0.1) is 0 Å². The van der Waals surface area contributed by atoms with Crippen molar-refractivity contribution in [1.82, 2.24) is 0 Å². The molecule has 0 unspecified atom stereocenters. The van der Waals surface area contributed by atoms with Crippen molar-refractivity contribution < 1.29 is 14.4 Å². The highest BCUT2D eigenvalue weighted by atomic mass is 19.1. The zero-order chi connectivity index (χ0) is 9.14. The SMILES string of the molecule is O=[N+]([O-])Cc1cc(F)ccc1O. The number of hydrogen-bond donors (Lipinski definition) is 1. The van der Waals surface area contributed by atoms with Gasteiger partial charge in [-0.2, -0.15) is 0 Å². The van der Waals surface area contributed by atoms with Gasteiger partial charge >= 0.3 is 0 Å². The van der Waals surface area contributed by atoms with E-state index in [0.717, 1.165) is 18.2 Å². The van der Waals surface area contributed by atoms with Crippen molar-refractivity contribution in [2.24, 2.45) is 0 Å². The van der Waals surface area contributed by atoms with E-state index in [-0.39, 0.29) is 11.3 Å². The maximum Gasteiger partial charge on any atom is 0.232 e. The van der Waals surface area contributed by atoms with Gasteiger partial charge in [0.25, 0.3) is 0 Å².